The van der Waals surface area contributed by atoms with Crippen LogP contribution in [0.1, 0.15) is 50.7 Å². The monoisotopic (exact) mass is 560 g/mol. The molecule has 1 saturated heterocycles. The molecule has 0 radical (unpaired) electrons. The number of aliphatic imine (C=N–C) groups is 1. The highest BCUT2D eigenvalue weighted by atomic mass is 35.5. The molecule has 2 fully saturated rings. The van der Waals surface area contributed by atoms with E-state index in [9.17, 15) is 4.79 Å². The molecule has 1 heterocycles. The molecule has 1 aliphatic carbocycles. The van der Waals surface area contributed by atoms with Crippen molar-refractivity contribution in [3.05, 3.63) is 93.9 Å². The topological polar surface area (TPSA) is 51.1 Å². The Bertz CT molecular complexity index is 1360. The zero-order valence-corrected chi connectivity index (χ0v) is 23.9. The Hall–Kier alpha value is -3.22. The molecule has 0 N–H and O–H groups in total. The van der Waals surface area contributed by atoms with Crippen LogP contribution in [0.15, 0.2) is 82.7 Å². The SMILES string of the molecule is CCOc1cc(/C=C2\SC(=Nc3ccccc3)N([C@@H]3CCCC[C@H]3C)C2=O)ccc1OCc1ccc(Cl)cc1. The molecule has 2 atom stereocenters. The van der Waals surface area contributed by atoms with Crippen molar-refractivity contribution in [3.63, 3.8) is 0 Å². The lowest BCUT2D eigenvalue weighted by atomic mass is 9.85. The maximum absolute atomic E-state index is 13.8. The smallest absolute Gasteiger partial charge is 0.267 e. The number of hydrogen-bond acceptors (Lipinski definition) is 5. The molecule has 1 saturated carbocycles. The van der Waals surface area contributed by atoms with E-state index in [-0.39, 0.29) is 11.9 Å². The van der Waals surface area contributed by atoms with E-state index < -0.39 is 0 Å². The molecule has 0 unspecified atom stereocenters. The lowest BCUT2D eigenvalue weighted by Crippen LogP contribution is -2.44. The molecule has 7 heteroatoms. The Labute approximate surface area is 239 Å². The van der Waals surface area contributed by atoms with Crippen LogP contribution in [0.4, 0.5) is 5.69 Å². The van der Waals surface area contributed by atoms with Crippen molar-refractivity contribution in [2.24, 2.45) is 10.9 Å². The van der Waals surface area contributed by atoms with E-state index in [4.69, 9.17) is 26.1 Å². The highest BCUT2D eigenvalue weighted by molar-refractivity contribution is 8.18. The Morgan fingerprint density at radius 3 is 2.51 bits per heavy atom. The van der Waals surface area contributed by atoms with Crippen molar-refractivity contribution in [3.8, 4) is 11.5 Å². The van der Waals surface area contributed by atoms with Gasteiger partial charge in [0.1, 0.15) is 6.61 Å². The van der Waals surface area contributed by atoms with E-state index in [0.717, 1.165) is 41.2 Å². The minimum atomic E-state index is 0.0226. The summed E-state index contributed by atoms with van der Waals surface area (Å²) < 4.78 is 12.0. The van der Waals surface area contributed by atoms with Crippen LogP contribution < -0.4 is 9.47 Å². The van der Waals surface area contributed by atoms with Crippen LogP contribution in [0.5, 0.6) is 11.5 Å². The van der Waals surface area contributed by atoms with Gasteiger partial charge in [0.25, 0.3) is 5.91 Å². The van der Waals surface area contributed by atoms with Gasteiger partial charge >= 0.3 is 0 Å². The summed E-state index contributed by atoms with van der Waals surface area (Å²) in [7, 11) is 0. The van der Waals surface area contributed by atoms with E-state index in [2.05, 4.69) is 6.92 Å². The zero-order chi connectivity index (χ0) is 27.2. The molecule has 1 amide bonds. The second-order valence-corrected chi connectivity index (χ2v) is 11.3. The fourth-order valence-electron chi connectivity index (χ4n) is 5.05. The molecular formula is C32H33ClN2O3S. The molecule has 0 aromatic heterocycles. The van der Waals surface area contributed by atoms with Crippen molar-refractivity contribution in [1.82, 2.24) is 4.90 Å². The number of hydrogen-bond donors (Lipinski definition) is 0. The molecule has 5 rings (SSSR count). The minimum Gasteiger partial charge on any atom is -0.490 e. The van der Waals surface area contributed by atoms with Crippen LogP contribution in [0.25, 0.3) is 6.08 Å². The number of thioether (sulfide) groups is 1. The van der Waals surface area contributed by atoms with Gasteiger partial charge in [-0.15, -0.1) is 0 Å². The summed E-state index contributed by atoms with van der Waals surface area (Å²) in [4.78, 5) is 21.3. The maximum Gasteiger partial charge on any atom is 0.267 e. The second kappa shape index (κ2) is 12.8. The normalized spacial score (nSPS) is 21.5. The van der Waals surface area contributed by atoms with Crippen molar-refractivity contribution >= 4 is 46.2 Å². The van der Waals surface area contributed by atoms with Gasteiger partial charge in [0, 0.05) is 11.1 Å². The number of para-hydroxylation sites is 1. The number of amides is 1. The average Bonchev–Trinajstić information content (AvgIpc) is 3.24. The molecule has 39 heavy (non-hydrogen) atoms. The zero-order valence-electron chi connectivity index (χ0n) is 22.3. The summed E-state index contributed by atoms with van der Waals surface area (Å²) in [5.74, 6) is 1.76. The summed E-state index contributed by atoms with van der Waals surface area (Å²) in [6, 6.07) is 23.4. The third-order valence-electron chi connectivity index (χ3n) is 7.09. The molecular weight excluding hydrogens is 528 g/mol. The van der Waals surface area contributed by atoms with Crippen LogP contribution in [0, 0.1) is 5.92 Å². The van der Waals surface area contributed by atoms with E-state index in [1.807, 2.05) is 90.7 Å². The number of amidine groups is 1. The third kappa shape index (κ3) is 6.68. The van der Waals surface area contributed by atoms with E-state index in [0.29, 0.717) is 40.6 Å². The Kier molecular flexibility index (Phi) is 8.95. The molecule has 2 aliphatic rings. The second-order valence-electron chi connectivity index (χ2n) is 9.90. The number of rotatable bonds is 8. The van der Waals surface area contributed by atoms with Crippen LogP contribution in [0.3, 0.4) is 0 Å². The first-order chi connectivity index (χ1) is 19.0. The first-order valence-electron chi connectivity index (χ1n) is 13.5. The lowest BCUT2D eigenvalue weighted by Gasteiger charge is -2.35. The molecule has 0 bridgehead atoms. The van der Waals surface area contributed by atoms with Gasteiger partial charge in [-0.2, -0.15) is 0 Å². The maximum atomic E-state index is 13.8. The molecule has 3 aromatic carbocycles. The largest absolute Gasteiger partial charge is 0.490 e. The van der Waals surface area contributed by atoms with E-state index >= 15 is 0 Å². The fourth-order valence-corrected chi connectivity index (χ4v) is 6.22. The summed E-state index contributed by atoms with van der Waals surface area (Å²) in [6.07, 6.45) is 6.42. The van der Waals surface area contributed by atoms with Gasteiger partial charge in [-0.05, 0) is 91.0 Å². The van der Waals surface area contributed by atoms with Gasteiger partial charge in [-0.25, -0.2) is 4.99 Å². The number of carbonyl (C=O) groups is 1. The molecule has 1 aliphatic heterocycles. The first-order valence-corrected chi connectivity index (χ1v) is 14.7. The van der Waals surface area contributed by atoms with Crippen molar-refractivity contribution in [1.29, 1.82) is 0 Å². The lowest BCUT2D eigenvalue weighted by molar-refractivity contribution is -0.124. The first kappa shape index (κ1) is 27.4. The van der Waals surface area contributed by atoms with Gasteiger partial charge in [0.05, 0.1) is 17.2 Å². The Balaban J connectivity index is 1.42. The molecule has 3 aromatic rings. The predicted molar refractivity (Wildman–Crippen MR) is 161 cm³/mol. The van der Waals surface area contributed by atoms with Crippen molar-refractivity contribution < 1.29 is 14.3 Å². The summed E-state index contributed by atoms with van der Waals surface area (Å²) in [5.41, 5.74) is 2.75. The quantitative estimate of drug-likeness (QED) is 0.259. The number of nitrogens with zero attached hydrogens (tertiary/aromatic N) is 2. The number of halogens is 1. The van der Waals surface area contributed by atoms with Gasteiger partial charge in [0.2, 0.25) is 0 Å². The van der Waals surface area contributed by atoms with Crippen molar-refractivity contribution in [2.45, 2.75) is 52.2 Å². The summed E-state index contributed by atoms with van der Waals surface area (Å²) >= 11 is 7.45. The third-order valence-corrected chi connectivity index (χ3v) is 8.32. The number of benzene rings is 3. The number of ether oxygens (including phenoxy) is 2. The van der Waals surface area contributed by atoms with Gasteiger partial charge in [0.15, 0.2) is 16.7 Å². The Morgan fingerprint density at radius 2 is 1.77 bits per heavy atom. The predicted octanol–water partition coefficient (Wildman–Crippen LogP) is 8.50. The Morgan fingerprint density at radius 1 is 1.00 bits per heavy atom. The standard InChI is InChI=1S/C32H33ClN2O3S/c1-3-37-29-19-24(15-18-28(29)38-21-23-13-16-25(33)17-14-23)20-30-31(36)35(27-12-8-7-9-22(27)2)32(39-30)34-26-10-5-4-6-11-26/h4-6,10-11,13-20,22,27H,3,7-9,12,21H2,1-2H3/b30-20-,34-32?/t22-,27-/m1/s1. The fraction of sp³-hybridized carbons (Fsp3) is 0.312. The van der Waals surface area contributed by atoms with Crippen LogP contribution in [-0.2, 0) is 11.4 Å². The summed E-state index contributed by atoms with van der Waals surface area (Å²) in [5, 5.41) is 1.45. The molecule has 0 spiro atoms. The highest BCUT2D eigenvalue weighted by Gasteiger charge is 2.41. The van der Waals surface area contributed by atoms with Crippen molar-refractivity contribution in [2.75, 3.05) is 6.61 Å². The molecule has 5 nitrogen and oxygen atoms in total. The van der Waals surface area contributed by atoms with Crippen LogP contribution in [0.2, 0.25) is 5.02 Å². The van der Waals surface area contributed by atoms with Crippen LogP contribution >= 0.6 is 23.4 Å². The minimum absolute atomic E-state index is 0.0226. The molecule has 202 valence electrons. The van der Waals surface area contributed by atoms with E-state index in [1.54, 1.807) is 0 Å². The van der Waals surface area contributed by atoms with Gasteiger partial charge in [-0.1, -0.05) is 67.8 Å². The van der Waals surface area contributed by atoms with Crippen LogP contribution in [-0.4, -0.2) is 28.6 Å². The highest BCUT2D eigenvalue weighted by Crippen LogP contribution is 2.40. The average molecular weight is 561 g/mol. The van der Waals surface area contributed by atoms with Gasteiger partial charge in [-0.3, -0.25) is 9.69 Å². The number of carbonyl (C=O) groups excluding carboxylic acids is 1. The van der Waals surface area contributed by atoms with Gasteiger partial charge < -0.3 is 9.47 Å². The van der Waals surface area contributed by atoms with E-state index in [1.165, 1.54) is 18.2 Å². The summed E-state index contributed by atoms with van der Waals surface area (Å²) in [6.45, 7) is 5.10.